The first-order valence-corrected chi connectivity index (χ1v) is 4.55. The second kappa shape index (κ2) is 13.3. The van der Waals surface area contributed by atoms with E-state index in [0.29, 0.717) is 0 Å². The fraction of sp³-hybridized carbons (Fsp3) is 0.800. The van der Waals surface area contributed by atoms with Crippen LogP contribution in [-0.2, 0) is 0 Å². The Kier molecular flexibility index (Phi) is 15.7. The van der Waals surface area contributed by atoms with Crippen molar-refractivity contribution in [1.29, 1.82) is 0 Å². The van der Waals surface area contributed by atoms with Crippen LogP contribution in [0.1, 0.15) is 19.3 Å². The largest absolute Gasteiger partial charge is 0.317 e. The Hall–Kier alpha value is -0.340. The smallest absolute Gasteiger partial charge is 0.00489 e. The molecule has 0 aromatic carbocycles. The fourth-order valence-electron chi connectivity index (χ4n) is 0.802. The molecule has 1 saturated heterocycles. The molecule has 1 rings (SSSR count). The maximum Gasteiger partial charge on any atom is -0.00489 e. The van der Waals surface area contributed by atoms with Gasteiger partial charge in [-0.15, -0.1) is 13.2 Å². The minimum atomic E-state index is 1.25. The lowest BCUT2D eigenvalue weighted by Gasteiger charge is -2.08. The third-order valence-corrected chi connectivity index (χ3v) is 1.21. The molecule has 0 bridgehead atoms. The van der Waals surface area contributed by atoms with Gasteiger partial charge in [0.05, 0.1) is 0 Å². The monoisotopic (exact) mass is 172 g/mol. The van der Waals surface area contributed by atoms with E-state index in [1.807, 2.05) is 26.0 Å². The van der Waals surface area contributed by atoms with Crippen molar-refractivity contribution in [1.82, 2.24) is 10.2 Å². The van der Waals surface area contributed by atoms with Gasteiger partial charge in [-0.2, -0.15) is 0 Å². The molecule has 1 fully saturated rings. The van der Waals surface area contributed by atoms with Crippen molar-refractivity contribution < 1.29 is 0 Å². The molecule has 1 N–H and O–H groups in total. The van der Waals surface area contributed by atoms with Crippen LogP contribution in [0.5, 0.6) is 0 Å². The Labute approximate surface area is 77.6 Å². The second-order valence-electron chi connectivity index (χ2n) is 3.15. The molecule has 1 aliphatic rings. The van der Waals surface area contributed by atoms with Gasteiger partial charge in [0.15, 0.2) is 0 Å². The summed E-state index contributed by atoms with van der Waals surface area (Å²) in [6.45, 7) is 8.50. The molecule has 74 valence electrons. The van der Waals surface area contributed by atoms with Crippen molar-refractivity contribution in [3.05, 3.63) is 13.2 Å². The Bertz CT molecular complexity index is 54.0. The molecule has 0 atom stereocenters. The molecule has 0 aromatic rings. The quantitative estimate of drug-likeness (QED) is 0.560. The van der Waals surface area contributed by atoms with Gasteiger partial charge in [-0.3, -0.25) is 0 Å². The molecular weight excluding hydrogens is 148 g/mol. The Morgan fingerprint density at radius 1 is 0.917 bits per heavy atom. The van der Waals surface area contributed by atoms with Crippen LogP contribution in [0, 0.1) is 0 Å². The Morgan fingerprint density at radius 2 is 1.25 bits per heavy atom. The van der Waals surface area contributed by atoms with E-state index >= 15 is 0 Å². The Balaban J connectivity index is 0. The van der Waals surface area contributed by atoms with E-state index in [1.165, 1.54) is 32.4 Å². The molecule has 2 heteroatoms. The molecule has 0 spiro atoms. The van der Waals surface area contributed by atoms with E-state index in [0.717, 1.165) is 0 Å². The van der Waals surface area contributed by atoms with Crippen molar-refractivity contribution in [2.24, 2.45) is 0 Å². The Morgan fingerprint density at radius 3 is 1.33 bits per heavy atom. The van der Waals surface area contributed by atoms with Crippen LogP contribution < -0.4 is 5.32 Å². The number of hydrogen-bond acceptors (Lipinski definition) is 2. The summed E-state index contributed by atoms with van der Waals surface area (Å²) in [6, 6.07) is 0. The minimum absolute atomic E-state index is 1.25. The minimum Gasteiger partial charge on any atom is -0.317 e. The molecule has 12 heavy (non-hydrogen) atoms. The van der Waals surface area contributed by atoms with Crippen molar-refractivity contribution in [2.45, 2.75) is 19.3 Å². The van der Waals surface area contributed by atoms with E-state index in [1.54, 1.807) is 0 Å². The zero-order valence-corrected chi connectivity index (χ0v) is 8.90. The van der Waals surface area contributed by atoms with E-state index in [2.05, 4.69) is 18.5 Å². The van der Waals surface area contributed by atoms with Gasteiger partial charge >= 0.3 is 0 Å². The van der Waals surface area contributed by atoms with Gasteiger partial charge in [0.25, 0.3) is 0 Å². The zero-order valence-electron chi connectivity index (χ0n) is 8.90. The maximum atomic E-state index is 3.28. The van der Waals surface area contributed by atoms with Gasteiger partial charge in [-0.25, -0.2) is 0 Å². The van der Waals surface area contributed by atoms with E-state index < -0.39 is 0 Å². The number of nitrogens with one attached hydrogen (secondary N) is 1. The highest BCUT2D eigenvalue weighted by Crippen LogP contribution is 1.96. The summed E-state index contributed by atoms with van der Waals surface area (Å²) in [7, 11) is 6.00. The SMILES string of the molecule is C1CCNCC1.C=C.CN(C)C. The number of piperidine rings is 1. The maximum absolute atomic E-state index is 3.28. The predicted molar refractivity (Wildman–Crippen MR) is 57.6 cm³/mol. The molecule has 0 unspecified atom stereocenters. The summed E-state index contributed by atoms with van der Waals surface area (Å²) >= 11 is 0. The third kappa shape index (κ3) is 22.6. The fourth-order valence-corrected chi connectivity index (χ4v) is 0.802. The van der Waals surface area contributed by atoms with E-state index in [-0.39, 0.29) is 0 Å². The normalized spacial score (nSPS) is 15.3. The van der Waals surface area contributed by atoms with Crippen LogP contribution in [0.2, 0.25) is 0 Å². The summed E-state index contributed by atoms with van der Waals surface area (Å²) in [5.41, 5.74) is 0. The van der Waals surface area contributed by atoms with Crippen LogP contribution in [0.4, 0.5) is 0 Å². The number of hydrogen-bond donors (Lipinski definition) is 1. The van der Waals surface area contributed by atoms with Crippen molar-refractivity contribution >= 4 is 0 Å². The summed E-state index contributed by atoms with van der Waals surface area (Å²) in [5.74, 6) is 0. The zero-order chi connectivity index (χ0) is 9.82. The standard InChI is InChI=1S/C5H11N.C3H9N.C2H4/c1-2-4-6-5-3-1;1-4(2)3;1-2/h6H,1-5H2;1-3H3;1-2H2. The van der Waals surface area contributed by atoms with Crippen LogP contribution in [0.3, 0.4) is 0 Å². The highest BCUT2D eigenvalue weighted by molar-refractivity contribution is 4.55. The molecular formula is C10H24N2. The first-order chi connectivity index (χ1) is 5.73. The average Bonchev–Trinajstić information content (AvgIpc) is 2.10. The topological polar surface area (TPSA) is 15.3 Å². The number of nitrogens with zero attached hydrogens (tertiary/aromatic N) is 1. The first kappa shape index (κ1) is 14.2. The predicted octanol–water partition coefficient (Wildman–Crippen LogP) is 1.74. The van der Waals surface area contributed by atoms with Gasteiger partial charge in [-0.05, 0) is 47.1 Å². The summed E-state index contributed by atoms with van der Waals surface area (Å²) in [5, 5.41) is 3.28. The molecule has 1 heterocycles. The molecule has 0 aromatic heterocycles. The number of rotatable bonds is 0. The molecule has 0 radical (unpaired) electrons. The van der Waals surface area contributed by atoms with Crippen molar-refractivity contribution in [3.8, 4) is 0 Å². The second-order valence-corrected chi connectivity index (χ2v) is 3.15. The van der Waals surface area contributed by atoms with Gasteiger partial charge in [0.1, 0.15) is 0 Å². The molecule has 0 amide bonds. The molecule has 2 nitrogen and oxygen atoms in total. The van der Waals surface area contributed by atoms with Crippen molar-refractivity contribution in [2.75, 3.05) is 34.2 Å². The lowest BCUT2D eigenvalue weighted by Crippen LogP contribution is -2.21. The first-order valence-electron chi connectivity index (χ1n) is 4.55. The molecule has 1 aliphatic heterocycles. The molecule has 0 saturated carbocycles. The van der Waals surface area contributed by atoms with Gasteiger partial charge in [0.2, 0.25) is 0 Å². The van der Waals surface area contributed by atoms with E-state index in [4.69, 9.17) is 0 Å². The highest BCUT2D eigenvalue weighted by Gasteiger charge is 1.93. The average molecular weight is 172 g/mol. The van der Waals surface area contributed by atoms with Crippen LogP contribution in [-0.4, -0.2) is 39.1 Å². The molecule has 0 aliphatic carbocycles. The van der Waals surface area contributed by atoms with Gasteiger partial charge in [-0.1, -0.05) is 6.42 Å². The van der Waals surface area contributed by atoms with Crippen LogP contribution in [0.25, 0.3) is 0 Å². The van der Waals surface area contributed by atoms with Crippen LogP contribution in [0.15, 0.2) is 13.2 Å². The third-order valence-electron chi connectivity index (χ3n) is 1.21. The lowest BCUT2D eigenvalue weighted by molar-refractivity contribution is 0.505. The van der Waals surface area contributed by atoms with Crippen molar-refractivity contribution in [3.63, 3.8) is 0 Å². The summed E-state index contributed by atoms with van der Waals surface area (Å²) < 4.78 is 0. The highest BCUT2D eigenvalue weighted by atomic mass is 15.0. The van der Waals surface area contributed by atoms with Crippen LogP contribution >= 0.6 is 0 Å². The van der Waals surface area contributed by atoms with Gasteiger partial charge < -0.3 is 10.2 Å². The van der Waals surface area contributed by atoms with E-state index in [9.17, 15) is 0 Å². The lowest BCUT2D eigenvalue weighted by atomic mass is 10.2. The summed E-state index contributed by atoms with van der Waals surface area (Å²) in [4.78, 5) is 2.00. The van der Waals surface area contributed by atoms with Gasteiger partial charge in [0, 0.05) is 0 Å². The summed E-state index contributed by atoms with van der Waals surface area (Å²) in [6.07, 6.45) is 4.22.